The summed E-state index contributed by atoms with van der Waals surface area (Å²) in [6.07, 6.45) is -2.00. The Morgan fingerprint density at radius 2 is 1.59 bits per heavy atom. The van der Waals surface area contributed by atoms with Crippen molar-refractivity contribution in [3.05, 3.63) is 90.0 Å². The molecule has 0 unspecified atom stereocenters. The first kappa shape index (κ1) is 26.0. The lowest BCUT2D eigenvalue weighted by molar-refractivity contribution is -0.216. The number of halogens is 6. The predicted octanol–water partition coefficient (Wildman–Crippen LogP) is 3.66. The average Bonchev–Trinajstić information content (AvgIpc) is 3.35. The van der Waals surface area contributed by atoms with E-state index in [9.17, 15) is 22.7 Å². The topological polar surface area (TPSA) is 106 Å². The third-order valence-corrected chi connectivity index (χ3v) is 5.36. The normalized spacial score (nSPS) is 13.8. The van der Waals surface area contributed by atoms with Gasteiger partial charge in [-0.3, -0.25) is 4.98 Å². The van der Waals surface area contributed by atoms with Gasteiger partial charge < -0.3 is 14.9 Å². The molecule has 0 amide bonds. The van der Waals surface area contributed by atoms with Crippen molar-refractivity contribution in [3.8, 4) is 16.9 Å². The van der Waals surface area contributed by atoms with Crippen molar-refractivity contribution in [3.63, 3.8) is 0 Å². The van der Waals surface area contributed by atoms with E-state index in [1.165, 1.54) is 30.3 Å². The van der Waals surface area contributed by atoms with Gasteiger partial charge in [0.15, 0.2) is 12.2 Å². The highest BCUT2D eigenvalue weighted by atomic mass is 19.3. The van der Waals surface area contributed by atoms with Crippen LogP contribution in [-0.4, -0.2) is 48.1 Å². The fourth-order valence-electron chi connectivity index (χ4n) is 3.54. The highest BCUT2D eigenvalue weighted by molar-refractivity contribution is 5.63. The van der Waals surface area contributed by atoms with Gasteiger partial charge in [0.1, 0.15) is 29.4 Å². The predicted molar refractivity (Wildman–Crippen MR) is 114 cm³/mol. The molecule has 2 heterocycles. The summed E-state index contributed by atoms with van der Waals surface area (Å²) in [5.74, 6) is -6.63. The summed E-state index contributed by atoms with van der Waals surface area (Å²) in [6, 6.07) is 9.51. The molecule has 4 aromatic rings. The lowest BCUT2D eigenvalue weighted by Crippen LogP contribution is -2.48. The molecule has 0 aliphatic carbocycles. The van der Waals surface area contributed by atoms with Crippen molar-refractivity contribution in [1.29, 1.82) is 0 Å². The Labute approximate surface area is 204 Å². The maximum absolute atomic E-state index is 15.8. The van der Waals surface area contributed by atoms with Crippen LogP contribution < -0.4 is 4.74 Å². The quantitative estimate of drug-likeness (QED) is 0.322. The second-order valence-corrected chi connectivity index (χ2v) is 7.98. The van der Waals surface area contributed by atoms with E-state index in [2.05, 4.69) is 20.5 Å². The zero-order valence-corrected chi connectivity index (χ0v) is 18.6. The van der Waals surface area contributed by atoms with Crippen LogP contribution in [0, 0.1) is 11.6 Å². The van der Waals surface area contributed by atoms with Crippen LogP contribution in [0.4, 0.5) is 26.3 Å². The van der Waals surface area contributed by atoms with E-state index in [-0.39, 0.29) is 5.75 Å². The Morgan fingerprint density at radius 3 is 2.16 bits per heavy atom. The summed E-state index contributed by atoms with van der Waals surface area (Å²) in [5.41, 5.74) is -4.30. The minimum atomic E-state index is -4.22. The van der Waals surface area contributed by atoms with Crippen LogP contribution in [0.5, 0.6) is 5.75 Å². The van der Waals surface area contributed by atoms with E-state index in [0.29, 0.717) is 23.3 Å². The van der Waals surface area contributed by atoms with Gasteiger partial charge in [0.25, 0.3) is 0 Å². The Hall–Kier alpha value is -4.04. The molecule has 2 aromatic heterocycles. The largest absolute Gasteiger partial charge is 0.484 e. The summed E-state index contributed by atoms with van der Waals surface area (Å²) in [5, 5.41) is 29.7. The summed E-state index contributed by atoms with van der Waals surface area (Å²) in [7, 11) is 0. The van der Waals surface area contributed by atoms with Gasteiger partial charge in [-0.05, 0) is 46.3 Å². The SMILES string of the molecule is OC(F)(F)COc1ccc(-c2ccc(C(F)(F)[C@](O)(Cn3cnnn3)c3ccc(F)cc3F)nc2)cc1. The zero-order chi connectivity index (χ0) is 26.8. The van der Waals surface area contributed by atoms with Gasteiger partial charge in [0, 0.05) is 23.4 Å². The molecule has 0 aliphatic heterocycles. The molecule has 0 radical (unpaired) electrons. The molecule has 37 heavy (non-hydrogen) atoms. The molecule has 14 heteroatoms. The number of alkyl halides is 4. The number of rotatable bonds is 9. The van der Waals surface area contributed by atoms with Gasteiger partial charge >= 0.3 is 12.0 Å². The minimum absolute atomic E-state index is 0.0302. The van der Waals surface area contributed by atoms with E-state index in [1.54, 1.807) is 0 Å². The molecule has 0 bridgehead atoms. The maximum Gasteiger partial charge on any atom is 0.387 e. The van der Waals surface area contributed by atoms with Crippen molar-refractivity contribution < 1.29 is 41.3 Å². The average molecular weight is 525 g/mol. The van der Waals surface area contributed by atoms with Crippen molar-refractivity contribution in [2.75, 3.05) is 6.61 Å². The lowest BCUT2D eigenvalue weighted by Gasteiger charge is -2.35. The third-order valence-electron chi connectivity index (χ3n) is 5.36. The van der Waals surface area contributed by atoms with E-state index < -0.39 is 53.7 Å². The number of aliphatic hydroxyl groups is 2. The summed E-state index contributed by atoms with van der Waals surface area (Å²) in [4.78, 5) is 3.75. The third kappa shape index (κ3) is 5.54. The second kappa shape index (κ2) is 9.78. The highest BCUT2D eigenvalue weighted by Crippen LogP contribution is 2.46. The van der Waals surface area contributed by atoms with Gasteiger partial charge in [0.2, 0.25) is 0 Å². The number of hydrogen-bond acceptors (Lipinski definition) is 7. The smallest absolute Gasteiger partial charge is 0.387 e. The standard InChI is InChI=1S/C23H17F6N5O3/c24-16-4-7-18(19(25)9-16)21(35,11-34-13-31-32-33-34)23(28,29)20-8-3-15(10-30-20)14-1-5-17(6-2-14)37-12-22(26,27)36/h1-10,13,35-36H,11-12H2/t21-/m0/s1. The maximum atomic E-state index is 15.8. The number of benzene rings is 2. The van der Waals surface area contributed by atoms with Crippen LogP contribution in [0.3, 0.4) is 0 Å². The van der Waals surface area contributed by atoms with Gasteiger partial charge in [-0.15, -0.1) is 5.10 Å². The van der Waals surface area contributed by atoms with Gasteiger partial charge in [-0.2, -0.15) is 17.6 Å². The van der Waals surface area contributed by atoms with Gasteiger partial charge in [-0.1, -0.05) is 18.2 Å². The second-order valence-electron chi connectivity index (χ2n) is 7.98. The molecular weight excluding hydrogens is 508 g/mol. The van der Waals surface area contributed by atoms with Crippen molar-refractivity contribution >= 4 is 0 Å². The zero-order valence-electron chi connectivity index (χ0n) is 18.6. The Morgan fingerprint density at radius 1 is 0.892 bits per heavy atom. The molecule has 0 fully saturated rings. The number of ether oxygens (including phenoxy) is 1. The number of pyridine rings is 1. The molecule has 2 N–H and O–H groups in total. The van der Waals surface area contributed by atoms with Crippen LogP contribution in [0.25, 0.3) is 11.1 Å². The summed E-state index contributed by atoms with van der Waals surface area (Å²) in [6.45, 7) is -2.24. The molecule has 0 saturated heterocycles. The van der Waals surface area contributed by atoms with Crippen LogP contribution in [0.1, 0.15) is 11.3 Å². The Bertz CT molecular complexity index is 1350. The molecule has 1 atom stereocenters. The van der Waals surface area contributed by atoms with Crippen molar-refractivity contribution in [1.82, 2.24) is 25.2 Å². The first-order valence-corrected chi connectivity index (χ1v) is 10.5. The first-order chi connectivity index (χ1) is 17.4. The Kier molecular flexibility index (Phi) is 6.88. The van der Waals surface area contributed by atoms with Crippen LogP contribution in [0.2, 0.25) is 0 Å². The molecule has 2 aromatic carbocycles. The summed E-state index contributed by atoms with van der Waals surface area (Å²) < 4.78 is 90.1. The van der Waals surface area contributed by atoms with Crippen LogP contribution in [0.15, 0.2) is 67.1 Å². The van der Waals surface area contributed by atoms with E-state index in [0.717, 1.165) is 29.3 Å². The van der Waals surface area contributed by atoms with Crippen molar-refractivity contribution in [2.45, 2.75) is 24.2 Å². The van der Waals surface area contributed by atoms with Gasteiger partial charge in [-0.25, -0.2) is 13.5 Å². The molecule has 0 aliphatic rings. The number of tetrazole rings is 1. The van der Waals surface area contributed by atoms with E-state index in [4.69, 9.17) is 9.84 Å². The lowest BCUT2D eigenvalue weighted by atomic mass is 9.84. The molecule has 8 nitrogen and oxygen atoms in total. The van der Waals surface area contributed by atoms with Crippen LogP contribution >= 0.6 is 0 Å². The van der Waals surface area contributed by atoms with Crippen molar-refractivity contribution in [2.24, 2.45) is 0 Å². The van der Waals surface area contributed by atoms with Gasteiger partial charge in [0.05, 0.1) is 6.54 Å². The molecule has 0 spiro atoms. The summed E-state index contributed by atoms with van der Waals surface area (Å²) >= 11 is 0. The first-order valence-electron chi connectivity index (χ1n) is 10.5. The highest BCUT2D eigenvalue weighted by Gasteiger charge is 2.58. The fraction of sp³-hybridized carbons (Fsp3) is 0.217. The minimum Gasteiger partial charge on any atom is -0.484 e. The number of aromatic nitrogens is 5. The molecule has 4 rings (SSSR count). The van der Waals surface area contributed by atoms with E-state index >= 15 is 8.78 Å². The monoisotopic (exact) mass is 525 g/mol. The number of nitrogens with zero attached hydrogens (tertiary/aromatic N) is 5. The van der Waals surface area contributed by atoms with E-state index in [1.807, 2.05) is 0 Å². The van der Waals surface area contributed by atoms with Crippen LogP contribution in [-0.2, 0) is 18.1 Å². The Balaban J connectivity index is 1.64. The fourth-order valence-corrected chi connectivity index (χ4v) is 3.54. The molecular formula is C23H17F6N5O3. The number of hydrogen-bond donors (Lipinski definition) is 2. The molecule has 194 valence electrons. The molecule has 0 saturated carbocycles.